The molecule has 2 rings (SSSR count). The van der Waals surface area contributed by atoms with Crippen molar-refractivity contribution in [3.63, 3.8) is 0 Å². The molecule has 0 atom stereocenters. The predicted molar refractivity (Wildman–Crippen MR) is 75.5 cm³/mol. The van der Waals surface area contributed by atoms with Gasteiger partial charge in [-0.25, -0.2) is 13.1 Å². The lowest BCUT2D eigenvalue weighted by molar-refractivity contribution is 0.377. The van der Waals surface area contributed by atoms with Crippen LogP contribution < -0.4 is 10.5 Å². The van der Waals surface area contributed by atoms with Crippen molar-refractivity contribution in [3.8, 4) is 0 Å². The molecule has 0 spiro atoms. The number of rotatable bonds is 5. The van der Waals surface area contributed by atoms with Crippen LogP contribution in [0.4, 0.5) is 0 Å². The van der Waals surface area contributed by atoms with Crippen LogP contribution in [0.3, 0.4) is 0 Å². The van der Waals surface area contributed by atoms with Gasteiger partial charge < -0.3 is 10.3 Å². The van der Waals surface area contributed by atoms with Gasteiger partial charge in [-0.2, -0.15) is 0 Å². The van der Waals surface area contributed by atoms with E-state index in [1.807, 2.05) is 0 Å². The molecule has 0 unspecified atom stereocenters. The molecule has 0 saturated heterocycles. The van der Waals surface area contributed by atoms with E-state index in [1.165, 1.54) is 6.07 Å². The number of aryl methyl sites for hydroxylation is 1. The third-order valence-electron chi connectivity index (χ3n) is 2.20. The lowest BCUT2D eigenvalue weighted by Gasteiger charge is -2.01. The van der Waals surface area contributed by atoms with Gasteiger partial charge in [0.25, 0.3) is 0 Å². The minimum Gasteiger partial charge on any atom is -0.389 e. The first kappa shape index (κ1) is 14.1. The van der Waals surface area contributed by atoms with Gasteiger partial charge in [0, 0.05) is 6.07 Å². The van der Waals surface area contributed by atoms with Gasteiger partial charge >= 0.3 is 0 Å². The third-order valence-corrected chi connectivity index (χ3v) is 5.56. The Balaban J connectivity index is 2.11. The number of sulfonamides is 1. The first-order valence-electron chi connectivity index (χ1n) is 5.20. The van der Waals surface area contributed by atoms with E-state index < -0.39 is 10.0 Å². The van der Waals surface area contributed by atoms with Crippen LogP contribution >= 0.6 is 23.6 Å². The number of hydrogen-bond donors (Lipinski definition) is 2. The lowest BCUT2D eigenvalue weighted by atomic mass is 10.4. The summed E-state index contributed by atoms with van der Waals surface area (Å²) >= 11 is 5.82. The molecule has 102 valence electrons. The maximum absolute atomic E-state index is 12.0. The second-order valence-corrected chi connectivity index (χ2v) is 7.26. The Hall–Kier alpha value is -1.29. The molecule has 0 aliphatic heterocycles. The van der Waals surface area contributed by atoms with Crippen LogP contribution in [0.5, 0.6) is 0 Å². The molecule has 0 fully saturated rings. The first-order chi connectivity index (χ1) is 8.88. The summed E-state index contributed by atoms with van der Waals surface area (Å²) in [6.07, 6.45) is 0. The fraction of sp³-hybridized carbons (Fsp3) is 0.200. The highest BCUT2D eigenvalue weighted by Gasteiger charge is 2.18. The molecule has 2 heterocycles. The number of nitrogens with two attached hydrogens (primary N) is 1. The van der Waals surface area contributed by atoms with Gasteiger partial charge in [0.2, 0.25) is 10.0 Å². The van der Waals surface area contributed by atoms with E-state index in [9.17, 15) is 8.42 Å². The number of nitrogens with zero attached hydrogens (tertiary/aromatic N) is 1. The van der Waals surface area contributed by atoms with Gasteiger partial charge in [-0.15, -0.1) is 11.3 Å². The molecule has 0 amide bonds. The average Bonchev–Trinajstić information content (AvgIpc) is 2.95. The molecule has 2 aromatic heterocycles. The standard InChI is InChI=1S/C10H11N3O3S3/c1-6-4-7(16-13-6)5-12-19(14,15)9-3-2-8(18-9)10(11)17/h2-4,12H,5H2,1H3,(H2,11,17). The molecule has 0 aliphatic rings. The summed E-state index contributed by atoms with van der Waals surface area (Å²) < 4.78 is 31.5. The van der Waals surface area contributed by atoms with Gasteiger partial charge in [0.15, 0.2) is 5.76 Å². The Morgan fingerprint density at radius 1 is 1.58 bits per heavy atom. The van der Waals surface area contributed by atoms with Crippen molar-refractivity contribution in [2.75, 3.05) is 0 Å². The number of thiocarbonyl (C=S) groups is 1. The highest BCUT2D eigenvalue weighted by molar-refractivity contribution is 7.91. The number of thiophene rings is 1. The molecular weight excluding hydrogens is 306 g/mol. The van der Waals surface area contributed by atoms with Crippen LogP contribution in [0.2, 0.25) is 0 Å². The van der Waals surface area contributed by atoms with E-state index >= 15 is 0 Å². The minimum atomic E-state index is -3.60. The summed E-state index contributed by atoms with van der Waals surface area (Å²) in [6.45, 7) is 1.80. The summed E-state index contributed by atoms with van der Waals surface area (Å²) in [7, 11) is -3.60. The van der Waals surface area contributed by atoms with Crippen molar-refractivity contribution >= 4 is 38.6 Å². The van der Waals surface area contributed by atoms with Gasteiger partial charge in [-0.1, -0.05) is 17.4 Å². The zero-order valence-electron chi connectivity index (χ0n) is 9.91. The van der Waals surface area contributed by atoms with Gasteiger partial charge in [0.05, 0.1) is 17.1 Å². The largest absolute Gasteiger partial charge is 0.389 e. The molecule has 0 saturated carbocycles. The Morgan fingerprint density at radius 2 is 2.32 bits per heavy atom. The molecule has 9 heteroatoms. The normalized spacial score (nSPS) is 11.6. The smallest absolute Gasteiger partial charge is 0.250 e. The molecule has 2 aromatic rings. The van der Waals surface area contributed by atoms with Crippen molar-refractivity contribution in [2.24, 2.45) is 5.73 Å². The second-order valence-electron chi connectivity index (χ2n) is 3.74. The zero-order chi connectivity index (χ0) is 14.0. The highest BCUT2D eigenvalue weighted by atomic mass is 32.2. The topological polar surface area (TPSA) is 98.2 Å². The SMILES string of the molecule is Cc1cc(CNS(=O)(=O)c2ccc(C(N)=S)s2)on1. The van der Waals surface area contributed by atoms with Crippen molar-refractivity contribution in [3.05, 3.63) is 34.5 Å². The maximum Gasteiger partial charge on any atom is 0.250 e. The molecule has 0 aliphatic carbocycles. The van der Waals surface area contributed by atoms with Crippen LogP contribution in [0.15, 0.2) is 26.9 Å². The number of aromatic nitrogens is 1. The second kappa shape index (κ2) is 5.37. The Bertz CT molecular complexity index is 702. The lowest BCUT2D eigenvalue weighted by Crippen LogP contribution is -2.22. The van der Waals surface area contributed by atoms with E-state index in [-0.39, 0.29) is 15.7 Å². The van der Waals surface area contributed by atoms with Crippen LogP contribution in [0, 0.1) is 6.92 Å². The molecule has 0 bridgehead atoms. The summed E-state index contributed by atoms with van der Waals surface area (Å²) in [6, 6.07) is 4.71. The fourth-order valence-electron chi connectivity index (χ4n) is 1.33. The van der Waals surface area contributed by atoms with Crippen LogP contribution in [-0.4, -0.2) is 18.6 Å². The summed E-state index contributed by atoms with van der Waals surface area (Å²) in [5.41, 5.74) is 6.14. The molecular formula is C10H11N3O3S3. The fourth-order valence-corrected chi connectivity index (χ4v) is 3.72. The van der Waals surface area contributed by atoms with Crippen molar-refractivity contribution in [2.45, 2.75) is 17.7 Å². The monoisotopic (exact) mass is 317 g/mol. The Morgan fingerprint density at radius 3 is 2.84 bits per heavy atom. The van der Waals surface area contributed by atoms with Crippen molar-refractivity contribution in [1.82, 2.24) is 9.88 Å². The van der Waals surface area contributed by atoms with Crippen LogP contribution in [-0.2, 0) is 16.6 Å². The average molecular weight is 317 g/mol. The van der Waals surface area contributed by atoms with E-state index in [0.717, 1.165) is 11.3 Å². The number of nitrogens with one attached hydrogen (secondary N) is 1. The Labute approximate surface area is 119 Å². The van der Waals surface area contributed by atoms with Crippen molar-refractivity contribution in [1.29, 1.82) is 0 Å². The zero-order valence-corrected chi connectivity index (χ0v) is 12.4. The predicted octanol–water partition coefficient (Wildman–Crippen LogP) is 1.16. The third kappa shape index (κ3) is 3.38. The first-order valence-corrected chi connectivity index (χ1v) is 7.91. The van der Waals surface area contributed by atoms with Crippen molar-refractivity contribution < 1.29 is 12.9 Å². The molecule has 0 aromatic carbocycles. The molecule has 6 nitrogen and oxygen atoms in total. The maximum atomic E-state index is 12.0. The molecule has 3 N–H and O–H groups in total. The Kier molecular flexibility index (Phi) is 3.99. The van der Waals surface area contributed by atoms with Gasteiger partial charge in [-0.05, 0) is 19.1 Å². The van der Waals surface area contributed by atoms with Crippen LogP contribution in [0.1, 0.15) is 16.3 Å². The van der Waals surface area contributed by atoms with E-state index in [0.29, 0.717) is 16.3 Å². The van der Waals surface area contributed by atoms with Crippen LogP contribution in [0.25, 0.3) is 0 Å². The van der Waals surface area contributed by atoms with E-state index in [1.54, 1.807) is 19.1 Å². The summed E-state index contributed by atoms with van der Waals surface area (Å²) in [5, 5.41) is 3.68. The summed E-state index contributed by atoms with van der Waals surface area (Å²) in [4.78, 5) is 0.739. The van der Waals surface area contributed by atoms with Gasteiger partial charge in [-0.3, -0.25) is 0 Å². The highest BCUT2D eigenvalue weighted by Crippen LogP contribution is 2.21. The minimum absolute atomic E-state index is 0.0451. The van der Waals surface area contributed by atoms with E-state index in [2.05, 4.69) is 9.88 Å². The van der Waals surface area contributed by atoms with Gasteiger partial charge in [0.1, 0.15) is 9.20 Å². The summed E-state index contributed by atoms with van der Waals surface area (Å²) in [5.74, 6) is 0.451. The molecule has 0 radical (unpaired) electrons. The number of hydrogen-bond acceptors (Lipinski definition) is 6. The quantitative estimate of drug-likeness (QED) is 0.803. The molecule has 19 heavy (non-hydrogen) atoms. The van der Waals surface area contributed by atoms with E-state index in [4.69, 9.17) is 22.5 Å².